The second-order valence-corrected chi connectivity index (χ2v) is 6.34. The fourth-order valence-electron chi connectivity index (χ4n) is 3.14. The third-order valence-corrected chi connectivity index (χ3v) is 4.61. The minimum Gasteiger partial charge on any atom is -0.356 e. The predicted molar refractivity (Wildman–Crippen MR) is 92.3 cm³/mol. The van der Waals surface area contributed by atoms with E-state index in [2.05, 4.69) is 15.4 Å². The summed E-state index contributed by atoms with van der Waals surface area (Å²) in [6, 6.07) is 9.89. The molecule has 0 bridgehead atoms. The van der Waals surface area contributed by atoms with Gasteiger partial charge in [0.05, 0.1) is 12.0 Å². The van der Waals surface area contributed by atoms with Crippen LogP contribution in [0.25, 0.3) is 0 Å². The number of likely N-dealkylation sites (tertiary alicyclic amines) is 1. The number of nitrogens with zero attached hydrogens (tertiary/aromatic N) is 4. The molecule has 7 nitrogen and oxygen atoms in total. The van der Waals surface area contributed by atoms with Gasteiger partial charge in [0.25, 0.3) is 0 Å². The van der Waals surface area contributed by atoms with Crippen LogP contribution < -0.4 is 5.32 Å². The van der Waals surface area contributed by atoms with Crippen molar-refractivity contribution in [1.82, 2.24) is 25.0 Å². The highest BCUT2D eigenvalue weighted by Gasteiger charge is 2.36. The van der Waals surface area contributed by atoms with Gasteiger partial charge in [-0.15, -0.1) is 0 Å². The normalized spacial score (nSPS) is 18.4. The van der Waals surface area contributed by atoms with Gasteiger partial charge in [0.15, 0.2) is 0 Å². The van der Waals surface area contributed by atoms with Crippen LogP contribution in [-0.2, 0) is 16.1 Å². The molecule has 1 aromatic carbocycles. The van der Waals surface area contributed by atoms with E-state index >= 15 is 0 Å². The lowest BCUT2D eigenvalue weighted by molar-refractivity contribution is -0.130. The number of benzene rings is 1. The fraction of sp³-hybridized carbons (Fsp3) is 0.444. The predicted octanol–water partition coefficient (Wildman–Crippen LogP) is 1.39. The van der Waals surface area contributed by atoms with Crippen molar-refractivity contribution < 1.29 is 9.59 Å². The van der Waals surface area contributed by atoms with Crippen LogP contribution in [0.4, 0.5) is 0 Å². The number of carbonyl (C=O) groups is 2. The first-order valence-electron chi connectivity index (χ1n) is 8.59. The molecule has 1 saturated heterocycles. The molecule has 0 unspecified atom stereocenters. The van der Waals surface area contributed by atoms with Gasteiger partial charge >= 0.3 is 0 Å². The lowest BCUT2D eigenvalue weighted by atomic mass is 10.1. The average molecular weight is 341 g/mol. The fourth-order valence-corrected chi connectivity index (χ4v) is 3.14. The van der Waals surface area contributed by atoms with Gasteiger partial charge < -0.3 is 10.2 Å². The van der Waals surface area contributed by atoms with E-state index in [1.54, 1.807) is 15.9 Å². The molecule has 2 atom stereocenters. The molecule has 0 spiro atoms. The summed E-state index contributed by atoms with van der Waals surface area (Å²) >= 11 is 0. The molecule has 2 heterocycles. The van der Waals surface area contributed by atoms with Gasteiger partial charge in [-0.25, -0.2) is 4.98 Å². The maximum absolute atomic E-state index is 12.3. The number of hydrogen-bond acceptors (Lipinski definition) is 4. The van der Waals surface area contributed by atoms with Crippen LogP contribution >= 0.6 is 0 Å². The van der Waals surface area contributed by atoms with Gasteiger partial charge in [0.1, 0.15) is 12.7 Å². The Hall–Kier alpha value is -2.70. The van der Waals surface area contributed by atoms with Gasteiger partial charge in [-0.3, -0.25) is 14.3 Å². The zero-order valence-electron chi connectivity index (χ0n) is 14.3. The molecular formula is C18H23N5O2. The zero-order chi connectivity index (χ0) is 17.6. The first-order chi connectivity index (χ1) is 12.1. The maximum atomic E-state index is 12.3. The second-order valence-electron chi connectivity index (χ2n) is 6.34. The first kappa shape index (κ1) is 17.1. The summed E-state index contributed by atoms with van der Waals surface area (Å²) in [7, 11) is 0. The van der Waals surface area contributed by atoms with Crippen molar-refractivity contribution >= 4 is 11.8 Å². The van der Waals surface area contributed by atoms with Gasteiger partial charge in [-0.05, 0) is 18.9 Å². The largest absolute Gasteiger partial charge is 0.356 e. The second kappa shape index (κ2) is 7.92. The summed E-state index contributed by atoms with van der Waals surface area (Å²) in [4.78, 5) is 30.3. The van der Waals surface area contributed by atoms with E-state index in [-0.39, 0.29) is 30.2 Å². The van der Waals surface area contributed by atoms with Crippen LogP contribution in [0.5, 0.6) is 0 Å². The third-order valence-electron chi connectivity index (χ3n) is 4.61. The van der Waals surface area contributed by atoms with Crippen molar-refractivity contribution in [2.75, 3.05) is 13.1 Å². The maximum Gasteiger partial charge on any atom is 0.225 e. The highest BCUT2D eigenvalue weighted by molar-refractivity contribution is 5.89. The van der Waals surface area contributed by atoms with E-state index in [1.165, 1.54) is 6.33 Å². The quantitative estimate of drug-likeness (QED) is 0.772. The summed E-state index contributed by atoms with van der Waals surface area (Å²) in [6.45, 7) is 3.76. The number of carbonyl (C=O) groups excluding carboxylic acids is 2. The Morgan fingerprint density at radius 1 is 1.36 bits per heavy atom. The number of rotatable bonds is 7. The number of aryl methyl sites for hydroxylation is 1. The lowest BCUT2D eigenvalue weighted by Gasteiger charge is -2.25. The molecule has 2 amide bonds. The van der Waals surface area contributed by atoms with Crippen LogP contribution in [0.3, 0.4) is 0 Å². The minimum atomic E-state index is -0.273. The van der Waals surface area contributed by atoms with Crippen LogP contribution in [-0.4, -0.2) is 44.6 Å². The van der Waals surface area contributed by atoms with Crippen molar-refractivity contribution in [1.29, 1.82) is 0 Å². The van der Waals surface area contributed by atoms with E-state index in [0.717, 1.165) is 12.0 Å². The Morgan fingerprint density at radius 3 is 2.88 bits per heavy atom. The Balaban J connectivity index is 1.47. The highest BCUT2D eigenvalue weighted by Crippen LogP contribution is 2.28. The summed E-state index contributed by atoms with van der Waals surface area (Å²) in [5.41, 5.74) is 1.09. The monoisotopic (exact) mass is 341 g/mol. The molecule has 1 aliphatic heterocycles. The van der Waals surface area contributed by atoms with Crippen LogP contribution in [0.2, 0.25) is 0 Å². The lowest BCUT2D eigenvalue weighted by Crippen LogP contribution is -2.34. The minimum absolute atomic E-state index is 0.0150. The molecule has 25 heavy (non-hydrogen) atoms. The van der Waals surface area contributed by atoms with Gasteiger partial charge in [-0.1, -0.05) is 30.3 Å². The van der Waals surface area contributed by atoms with Gasteiger partial charge in [0, 0.05) is 26.1 Å². The Kier molecular flexibility index (Phi) is 5.42. The first-order valence-corrected chi connectivity index (χ1v) is 8.59. The molecule has 0 aliphatic carbocycles. The highest BCUT2D eigenvalue weighted by atomic mass is 16.2. The van der Waals surface area contributed by atoms with E-state index in [0.29, 0.717) is 19.6 Å². The molecule has 1 aromatic heterocycles. The topological polar surface area (TPSA) is 80.1 Å². The summed E-state index contributed by atoms with van der Waals surface area (Å²) < 4.78 is 1.73. The number of aromatic nitrogens is 3. The SMILES string of the molecule is C[C@@H](c1ccccc1)N1C[C@H](C(=O)NCCCn2cncn2)CC1=O. The molecule has 1 fully saturated rings. The van der Waals surface area contributed by atoms with Crippen molar-refractivity contribution in [3.05, 3.63) is 48.5 Å². The Morgan fingerprint density at radius 2 is 2.16 bits per heavy atom. The van der Waals surface area contributed by atoms with E-state index in [9.17, 15) is 9.59 Å². The molecule has 3 rings (SSSR count). The summed E-state index contributed by atoms with van der Waals surface area (Å²) in [5.74, 6) is -0.279. The average Bonchev–Trinajstić information content (AvgIpc) is 3.28. The molecular weight excluding hydrogens is 318 g/mol. The standard InChI is InChI=1S/C18H23N5O2/c1-14(15-6-3-2-4-7-15)23-11-16(10-17(23)24)18(25)20-8-5-9-22-13-19-12-21-22/h2-4,6-7,12-14,16H,5,8-11H2,1H3,(H,20,25)/t14-,16+/m0/s1. The van der Waals surface area contributed by atoms with E-state index in [4.69, 9.17) is 0 Å². The van der Waals surface area contributed by atoms with Crippen molar-refractivity contribution in [3.8, 4) is 0 Å². The van der Waals surface area contributed by atoms with Crippen molar-refractivity contribution in [2.45, 2.75) is 32.4 Å². The number of hydrogen-bond donors (Lipinski definition) is 1. The van der Waals surface area contributed by atoms with Crippen LogP contribution in [0, 0.1) is 5.92 Å². The molecule has 1 N–H and O–H groups in total. The summed E-state index contributed by atoms with van der Waals surface area (Å²) in [5, 5.41) is 6.95. The Bertz CT molecular complexity index is 702. The molecule has 0 radical (unpaired) electrons. The van der Waals surface area contributed by atoms with E-state index in [1.807, 2.05) is 37.3 Å². The third kappa shape index (κ3) is 4.23. The number of amides is 2. The molecule has 132 valence electrons. The molecule has 1 aliphatic rings. The molecule has 7 heteroatoms. The van der Waals surface area contributed by atoms with Crippen molar-refractivity contribution in [3.63, 3.8) is 0 Å². The van der Waals surface area contributed by atoms with Crippen LogP contribution in [0.1, 0.15) is 31.4 Å². The zero-order valence-corrected chi connectivity index (χ0v) is 14.3. The smallest absolute Gasteiger partial charge is 0.225 e. The molecule has 0 saturated carbocycles. The summed E-state index contributed by atoms with van der Waals surface area (Å²) in [6.07, 6.45) is 4.21. The van der Waals surface area contributed by atoms with Crippen molar-refractivity contribution in [2.24, 2.45) is 5.92 Å². The van der Waals surface area contributed by atoms with Gasteiger partial charge in [0.2, 0.25) is 11.8 Å². The van der Waals surface area contributed by atoms with Crippen LogP contribution in [0.15, 0.2) is 43.0 Å². The Labute approximate surface area is 147 Å². The number of nitrogens with one attached hydrogen (secondary N) is 1. The molecule has 2 aromatic rings. The van der Waals surface area contributed by atoms with Gasteiger partial charge in [-0.2, -0.15) is 5.10 Å². The van der Waals surface area contributed by atoms with E-state index < -0.39 is 0 Å².